The van der Waals surface area contributed by atoms with E-state index >= 15 is 0 Å². The molecular formula is C10H16N2. The fraction of sp³-hybridized carbons (Fsp3) is 0.500. The van der Waals surface area contributed by atoms with Crippen LogP contribution in [0.15, 0.2) is 27.9 Å². The third-order valence-electron chi connectivity index (χ3n) is 1.96. The van der Waals surface area contributed by atoms with Crippen LogP contribution in [0.2, 0.25) is 0 Å². The van der Waals surface area contributed by atoms with Gasteiger partial charge in [-0.1, -0.05) is 12.5 Å². The molecule has 0 fully saturated rings. The molecule has 0 heterocycles. The molecule has 2 nitrogen and oxygen atoms in total. The van der Waals surface area contributed by atoms with Gasteiger partial charge in [0, 0.05) is 0 Å². The molecule has 0 aromatic carbocycles. The van der Waals surface area contributed by atoms with Crippen molar-refractivity contribution in [1.29, 1.82) is 0 Å². The van der Waals surface area contributed by atoms with E-state index < -0.39 is 0 Å². The van der Waals surface area contributed by atoms with E-state index in [2.05, 4.69) is 24.9 Å². The van der Waals surface area contributed by atoms with Crippen molar-refractivity contribution in [3.05, 3.63) is 22.9 Å². The molecule has 66 valence electrons. The highest BCUT2D eigenvalue weighted by atomic mass is 14.9. The van der Waals surface area contributed by atoms with Crippen LogP contribution in [0.1, 0.15) is 33.6 Å². The number of hydrogen-bond acceptors (Lipinski definition) is 1. The lowest BCUT2D eigenvalue weighted by atomic mass is 10.1. The van der Waals surface area contributed by atoms with Gasteiger partial charge in [0.1, 0.15) is 0 Å². The second-order valence-electron chi connectivity index (χ2n) is 3.26. The number of hydrogen-bond donors (Lipinski definition) is 1. The van der Waals surface area contributed by atoms with E-state index in [9.17, 15) is 0 Å². The largest absolute Gasteiger partial charge is 0.387 e. The van der Waals surface area contributed by atoms with Crippen LogP contribution in [0.4, 0.5) is 0 Å². The van der Waals surface area contributed by atoms with Gasteiger partial charge >= 0.3 is 0 Å². The van der Waals surface area contributed by atoms with Crippen LogP contribution in [0.3, 0.4) is 0 Å². The van der Waals surface area contributed by atoms with Gasteiger partial charge in [0.25, 0.3) is 0 Å². The first-order valence-electron chi connectivity index (χ1n) is 4.33. The lowest BCUT2D eigenvalue weighted by Crippen LogP contribution is -2.05. The minimum Gasteiger partial charge on any atom is -0.387 e. The highest BCUT2D eigenvalue weighted by Gasteiger charge is 2.10. The van der Waals surface area contributed by atoms with Gasteiger partial charge in [0.2, 0.25) is 0 Å². The van der Waals surface area contributed by atoms with Crippen LogP contribution in [0, 0.1) is 0 Å². The van der Waals surface area contributed by atoms with Crippen molar-refractivity contribution in [3.63, 3.8) is 0 Å². The lowest BCUT2D eigenvalue weighted by Gasteiger charge is -1.98. The average molecular weight is 164 g/mol. The Balaban J connectivity index is 2.90. The van der Waals surface area contributed by atoms with Crippen LogP contribution in [0.25, 0.3) is 0 Å². The van der Waals surface area contributed by atoms with Crippen LogP contribution in [-0.2, 0) is 0 Å². The van der Waals surface area contributed by atoms with E-state index in [0.29, 0.717) is 5.84 Å². The van der Waals surface area contributed by atoms with Gasteiger partial charge < -0.3 is 5.73 Å². The van der Waals surface area contributed by atoms with Gasteiger partial charge in [-0.3, -0.25) is 0 Å². The molecule has 2 N–H and O–H groups in total. The molecule has 12 heavy (non-hydrogen) atoms. The van der Waals surface area contributed by atoms with E-state index in [1.165, 1.54) is 11.1 Å². The predicted molar refractivity (Wildman–Crippen MR) is 53.0 cm³/mol. The lowest BCUT2D eigenvalue weighted by molar-refractivity contribution is 0.998. The molecule has 1 rings (SSSR count). The summed E-state index contributed by atoms with van der Waals surface area (Å²) >= 11 is 0. The Kier molecular flexibility index (Phi) is 2.69. The third kappa shape index (κ3) is 1.97. The molecule has 0 saturated heterocycles. The standard InChI is InChI=1S/C10H16N2/c1-4-9-5-7(2)6-10(9)12-8(3)11/h6H,4-5H2,1-3H3,(H2,11,12). The quantitative estimate of drug-likeness (QED) is 0.494. The Labute approximate surface area is 73.9 Å². The Hall–Kier alpha value is -1.05. The minimum absolute atomic E-state index is 0.641. The van der Waals surface area contributed by atoms with E-state index in [0.717, 1.165) is 18.5 Å². The summed E-state index contributed by atoms with van der Waals surface area (Å²) in [5, 5.41) is 0. The number of aliphatic imine (C=N–C) groups is 1. The zero-order valence-corrected chi connectivity index (χ0v) is 8.02. The van der Waals surface area contributed by atoms with Gasteiger partial charge in [0.15, 0.2) is 0 Å². The van der Waals surface area contributed by atoms with Crippen molar-refractivity contribution < 1.29 is 0 Å². The Morgan fingerprint density at radius 2 is 2.33 bits per heavy atom. The topological polar surface area (TPSA) is 38.4 Å². The monoisotopic (exact) mass is 164 g/mol. The number of nitrogens with two attached hydrogens (primary N) is 1. The van der Waals surface area contributed by atoms with Gasteiger partial charge in [-0.05, 0) is 38.3 Å². The molecule has 0 aromatic heterocycles. The predicted octanol–water partition coefficient (Wildman–Crippen LogP) is 2.38. The number of amidine groups is 1. The van der Waals surface area contributed by atoms with Crippen molar-refractivity contribution in [3.8, 4) is 0 Å². The van der Waals surface area contributed by atoms with E-state index in [1.54, 1.807) is 0 Å². The molecule has 0 amide bonds. The van der Waals surface area contributed by atoms with Crippen molar-refractivity contribution in [2.75, 3.05) is 0 Å². The van der Waals surface area contributed by atoms with Gasteiger partial charge in [-0.15, -0.1) is 0 Å². The first-order valence-corrected chi connectivity index (χ1v) is 4.33. The second kappa shape index (κ2) is 3.57. The average Bonchev–Trinajstić information content (AvgIpc) is 2.29. The molecule has 0 spiro atoms. The van der Waals surface area contributed by atoms with Gasteiger partial charge in [0.05, 0.1) is 11.5 Å². The fourth-order valence-corrected chi connectivity index (χ4v) is 1.42. The van der Waals surface area contributed by atoms with Gasteiger partial charge in [-0.25, -0.2) is 4.99 Å². The summed E-state index contributed by atoms with van der Waals surface area (Å²) in [5.41, 5.74) is 9.38. The van der Waals surface area contributed by atoms with Crippen LogP contribution >= 0.6 is 0 Å². The molecule has 0 aromatic rings. The maximum Gasteiger partial charge on any atom is 0.0964 e. The summed E-state index contributed by atoms with van der Waals surface area (Å²) < 4.78 is 0. The molecule has 1 aliphatic rings. The number of rotatable bonds is 2. The molecule has 0 radical (unpaired) electrons. The minimum atomic E-state index is 0.641. The van der Waals surface area contributed by atoms with Crippen LogP contribution in [0.5, 0.6) is 0 Å². The first kappa shape index (κ1) is 9.04. The highest BCUT2D eigenvalue weighted by molar-refractivity contribution is 5.79. The number of nitrogens with zero attached hydrogens (tertiary/aromatic N) is 1. The molecule has 0 bridgehead atoms. The summed E-state index contributed by atoms with van der Waals surface area (Å²) in [5.74, 6) is 0.641. The smallest absolute Gasteiger partial charge is 0.0964 e. The van der Waals surface area contributed by atoms with Crippen molar-refractivity contribution in [2.24, 2.45) is 10.7 Å². The number of allylic oxidation sites excluding steroid dienone is 3. The van der Waals surface area contributed by atoms with E-state index in [4.69, 9.17) is 5.73 Å². The van der Waals surface area contributed by atoms with Gasteiger partial charge in [-0.2, -0.15) is 0 Å². The van der Waals surface area contributed by atoms with E-state index in [-0.39, 0.29) is 0 Å². The summed E-state index contributed by atoms with van der Waals surface area (Å²) in [7, 11) is 0. The second-order valence-corrected chi connectivity index (χ2v) is 3.26. The van der Waals surface area contributed by atoms with E-state index in [1.807, 2.05) is 6.92 Å². The molecule has 2 heteroatoms. The zero-order chi connectivity index (χ0) is 9.14. The molecular weight excluding hydrogens is 148 g/mol. The molecule has 0 unspecified atom stereocenters. The Bertz CT molecular complexity index is 266. The maximum absolute atomic E-state index is 5.52. The SMILES string of the molecule is CCC1=C(N=C(C)N)C=C(C)C1. The highest BCUT2D eigenvalue weighted by Crippen LogP contribution is 2.27. The van der Waals surface area contributed by atoms with Crippen molar-refractivity contribution in [2.45, 2.75) is 33.6 Å². The van der Waals surface area contributed by atoms with Crippen LogP contribution in [-0.4, -0.2) is 5.84 Å². The Morgan fingerprint density at radius 1 is 1.67 bits per heavy atom. The third-order valence-corrected chi connectivity index (χ3v) is 1.96. The molecule has 1 aliphatic carbocycles. The summed E-state index contributed by atoms with van der Waals surface area (Å²) in [6, 6.07) is 0. The van der Waals surface area contributed by atoms with Crippen molar-refractivity contribution >= 4 is 5.84 Å². The summed E-state index contributed by atoms with van der Waals surface area (Å²) in [6.07, 6.45) is 4.26. The maximum atomic E-state index is 5.52. The normalized spacial score (nSPS) is 18.6. The molecule has 0 aliphatic heterocycles. The first-order chi connectivity index (χ1) is 5.63. The molecule has 0 saturated carbocycles. The summed E-state index contributed by atoms with van der Waals surface area (Å²) in [6.45, 7) is 6.11. The molecule has 0 atom stereocenters. The van der Waals surface area contributed by atoms with Crippen LogP contribution < -0.4 is 5.73 Å². The Morgan fingerprint density at radius 3 is 2.83 bits per heavy atom. The summed E-state index contributed by atoms with van der Waals surface area (Å²) in [4.78, 5) is 4.28. The van der Waals surface area contributed by atoms with Crippen molar-refractivity contribution in [1.82, 2.24) is 0 Å². The zero-order valence-electron chi connectivity index (χ0n) is 8.02. The fourth-order valence-electron chi connectivity index (χ4n) is 1.42.